The van der Waals surface area contributed by atoms with Gasteiger partial charge in [-0.2, -0.15) is 0 Å². The molecule has 4 rings (SSSR count). The third-order valence-corrected chi connectivity index (χ3v) is 5.92. The number of hydrogen-bond acceptors (Lipinski definition) is 8. The van der Waals surface area contributed by atoms with Crippen LogP contribution in [0.1, 0.15) is 27.7 Å². The van der Waals surface area contributed by atoms with Crippen LogP contribution in [0.4, 0.5) is 10.9 Å². The van der Waals surface area contributed by atoms with Crippen molar-refractivity contribution in [1.29, 1.82) is 0 Å². The first-order valence-corrected chi connectivity index (χ1v) is 9.50. The van der Waals surface area contributed by atoms with Crippen molar-refractivity contribution in [1.82, 2.24) is 15.0 Å². The van der Waals surface area contributed by atoms with E-state index in [2.05, 4.69) is 20.3 Å². The first-order valence-electron chi connectivity index (χ1n) is 8.68. The van der Waals surface area contributed by atoms with Crippen LogP contribution >= 0.6 is 11.3 Å². The topological polar surface area (TPSA) is 78.4 Å². The SMILES string of the molecule is COc1nc(B2OC(C)(C)C(C)(C)O2)cnc1Nc1nc2ccccc2s1. The summed E-state index contributed by atoms with van der Waals surface area (Å²) in [6.45, 7) is 8.00. The monoisotopic (exact) mass is 384 g/mol. The summed E-state index contributed by atoms with van der Waals surface area (Å²) in [5.41, 5.74) is 0.626. The molecule has 140 valence electrons. The Morgan fingerprint density at radius 3 is 2.44 bits per heavy atom. The number of fused-ring (bicyclic) bond motifs is 1. The van der Waals surface area contributed by atoms with Gasteiger partial charge in [-0.1, -0.05) is 23.5 Å². The van der Waals surface area contributed by atoms with Gasteiger partial charge in [0.15, 0.2) is 10.9 Å². The lowest BCUT2D eigenvalue weighted by Gasteiger charge is -2.32. The number of thiazole rings is 1. The summed E-state index contributed by atoms with van der Waals surface area (Å²) < 4.78 is 18.6. The molecule has 0 aliphatic carbocycles. The molecule has 1 aromatic carbocycles. The molecule has 0 radical (unpaired) electrons. The number of benzene rings is 1. The van der Waals surface area contributed by atoms with Gasteiger partial charge < -0.3 is 19.4 Å². The molecule has 9 heteroatoms. The number of methoxy groups -OCH3 is 1. The van der Waals surface area contributed by atoms with Crippen LogP contribution in [-0.4, -0.2) is 40.4 Å². The van der Waals surface area contributed by atoms with E-state index in [1.165, 1.54) is 0 Å². The van der Waals surface area contributed by atoms with Gasteiger partial charge in [0.2, 0.25) is 0 Å². The fourth-order valence-electron chi connectivity index (χ4n) is 2.72. The second-order valence-electron chi connectivity index (χ2n) is 7.35. The van der Waals surface area contributed by atoms with Gasteiger partial charge in [-0.05, 0) is 39.8 Å². The van der Waals surface area contributed by atoms with Crippen LogP contribution in [0.25, 0.3) is 10.2 Å². The molecular formula is C18H21BN4O3S. The fourth-order valence-corrected chi connectivity index (χ4v) is 3.58. The smallest absolute Gasteiger partial charge is 0.478 e. The lowest BCUT2D eigenvalue weighted by Crippen LogP contribution is -2.41. The normalized spacial score (nSPS) is 18.0. The van der Waals surface area contributed by atoms with Crippen molar-refractivity contribution in [3.8, 4) is 5.88 Å². The van der Waals surface area contributed by atoms with E-state index in [0.29, 0.717) is 17.3 Å². The van der Waals surface area contributed by atoms with Crippen LogP contribution < -0.4 is 15.6 Å². The summed E-state index contributed by atoms with van der Waals surface area (Å²) in [4.78, 5) is 13.6. The first-order chi connectivity index (χ1) is 12.8. The predicted octanol–water partition coefficient (Wildman–Crippen LogP) is 3.14. The van der Waals surface area contributed by atoms with E-state index in [0.717, 1.165) is 15.3 Å². The summed E-state index contributed by atoms with van der Waals surface area (Å²) in [5.74, 6) is 0.860. The fraction of sp³-hybridized carbons (Fsp3) is 0.389. The number of ether oxygens (including phenoxy) is 1. The molecule has 0 atom stereocenters. The molecule has 0 unspecified atom stereocenters. The van der Waals surface area contributed by atoms with Gasteiger partial charge in [0.05, 0.1) is 34.1 Å². The van der Waals surface area contributed by atoms with Gasteiger partial charge in [0.1, 0.15) is 0 Å². The van der Waals surface area contributed by atoms with Gasteiger partial charge in [-0.25, -0.2) is 15.0 Å². The molecule has 1 aliphatic rings. The van der Waals surface area contributed by atoms with Crippen molar-refractivity contribution in [2.24, 2.45) is 0 Å². The molecule has 7 nitrogen and oxygen atoms in total. The predicted molar refractivity (Wildman–Crippen MR) is 107 cm³/mol. The Balaban J connectivity index is 1.60. The Bertz CT molecular complexity index is 943. The zero-order chi connectivity index (χ0) is 19.2. The highest BCUT2D eigenvalue weighted by Crippen LogP contribution is 2.36. The van der Waals surface area contributed by atoms with Crippen LogP contribution in [-0.2, 0) is 9.31 Å². The van der Waals surface area contributed by atoms with Gasteiger partial charge in [-0.15, -0.1) is 0 Å². The minimum absolute atomic E-state index is 0.362. The largest absolute Gasteiger partial charge is 0.516 e. The molecule has 1 fully saturated rings. The number of hydrogen-bond donors (Lipinski definition) is 1. The van der Waals surface area contributed by atoms with Crippen LogP contribution in [0.2, 0.25) is 0 Å². The maximum atomic E-state index is 6.04. The second-order valence-corrected chi connectivity index (χ2v) is 8.38. The molecule has 0 spiro atoms. The van der Waals surface area contributed by atoms with Gasteiger partial charge in [0.25, 0.3) is 5.88 Å². The second kappa shape index (κ2) is 6.44. The number of anilines is 2. The lowest BCUT2D eigenvalue weighted by atomic mass is 9.85. The third kappa shape index (κ3) is 3.26. The van der Waals surface area contributed by atoms with Crippen molar-refractivity contribution in [2.45, 2.75) is 38.9 Å². The van der Waals surface area contributed by atoms with E-state index in [1.807, 2.05) is 52.0 Å². The van der Waals surface area contributed by atoms with Crippen LogP contribution in [0, 0.1) is 0 Å². The van der Waals surface area contributed by atoms with Gasteiger partial charge in [-0.3, -0.25) is 0 Å². The summed E-state index contributed by atoms with van der Waals surface area (Å²) in [7, 11) is 0.967. The Morgan fingerprint density at radius 1 is 1.07 bits per heavy atom. The molecular weight excluding hydrogens is 363 g/mol. The molecule has 0 amide bonds. The number of rotatable bonds is 4. The molecule has 0 saturated carbocycles. The zero-order valence-corrected chi connectivity index (χ0v) is 16.8. The molecule has 2 aromatic heterocycles. The summed E-state index contributed by atoms with van der Waals surface area (Å²) in [6.07, 6.45) is 1.64. The summed E-state index contributed by atoms with van der Waals surface area (Å²) in [6, 6.07) is 7.96. The molecule has 27 heavy (non-hydrogen) atoms. The maximum absolute atomic E-state index is 6.04. The summed E-state index contributed by atoms with van der Waals surface area (Å²) >= 11 is 1.55. The molecule has 1 N–H and O–H groups in total. The Labute approximate surface area is 162 Å². The Kier molecular flexibility index (Phi) is 4.33. The van der Waals surface area contributed by atoms with Crippen molar-refractivity contribution in [2.75, 3.05) is 12.4 Å². The zero-order valence-electron chi connectivity index (χ0n) is 15.9. The first kappa shape index (κ1) is 18.2. The van der Waals surface area contributed by atoms with Crippen LogP contribution in [0.5, 0.6) is 5.88 Å². The van der Waals surface area contributed by atoms with Crippen molar-refractivity contribution in [3.05, 3.63) is 30.5 Å². The Hall–Kier alpha value is -2.23. The quantitative estimate of drug-likeness (QED) is 0.693. The molecule has 0 bridgehead atoms. The Morgan fingerprint density at radius 2 is 1.78 bits per heavy atom. The highest BCUT2D eigenvalue weighted by atomic mass is 32.1. The van der Waals surface area contributed by atoms with E-state index >= 15 is 0 Å². The molecule has 1 saturated heterocycles. The van der Waals surface area contributed by atoms with Gasteiger partial charge >= 0.3 is 7.12 Å². The summed E-state index contributed by atoms with van der Waals surface area (Å²) in [5, 5.41) is 3.92. The highest BCUT2D eigenvalue weighted by Gasteiger charge is 2.52. The molecule has 1 aliphatic heterocycles. The average molecular weight is 384 g/mol. The van der Waals surface area contributed by atoms with Crippen LogP contribution in [0.3, 0.4) is 0 Å². The number of nitrogens with zero attached hydrogens (tertiary/aromatic N) is 3. The van der Waals surface area contributed by atoms with Gasteiger partial charge in [0, 0.05) is 6.20 Å². The molecule has 3 aromatic rings. The standard InChI is InChI=1S/C18H21BN4O3S/c1-17(2)18(3,4)26-19(25-17)13-10-20-14(15(22-13)24-5)23-16-21-11-8-6-7-9-12(11)27-16/h6-10H,1-5H3,(H,20,21,23). The van der Waals surface area contributed by atoms with E-state index in [4.69, 9.17) is 14.0 Å². The van der Waals surface area contributed by atoms with E-state index in [-0.39, 0.29) is 0 Å². The lowest BCUT2D eigenvalue weighted by molar-refractivity contribution is 0.00578. The molecule has 3 heterocycles. The highest BCUT2D eigenvalue weighted by molar-refractivity contribution is 7.22. The number of nitrogens with one attached hydrogen (secondary N) is 1. The van der Waals surface area contributed by atoms with E-state index < -0.39 is 18.3 Å². The van der Waals surface area contributed by atoms with Crippen molar-refractivity contribution in [3.63, 3.8) is 0 Å². The third-order valence-electron chi connectivity index (χ3n) is 4.97. The van der Waals surface area contributed by atoms with Crippen molar-refractivity contribution < 1.29 is 14.0 Å². The average Bonchev–Trinajstić information content (AvgIpc) is 3.12. The number of para-hydroxylation sites is 1. The van der Waals surface area contributed by atoms with E-state index in [9.17, 15) is 0 Å². The van der Waals surface area contributed by atoms with Crippen molar-refractivity contribution >= 4 is 45.2 Å². The number of aromatic nitrogens is 3. The maximum Gasteiger partial charge on any atom is 0.516 e. The minimum Gasteiger partial charge on any atom is -0.478 e. The van der Waals surface area contributed by atoms with E-state index in [1.54, 1.807) is 24.6 Å². The van der Waals surface area contributed by atoms with Crippen LogP contribution in [0.15, 0.2) is 30.5 Å². The minimum atomic E-state index is -0.590.